The second kappa shape index (κ2) is 12.7. The Morgan fingerprint density at radius 2 is 1.79 bits per heavy atom. The lowest BCUT2D eigenvalue weighted by Crippen LogP contribution is -2.38. The molecule has 1 aromatic carbocycles. The van der Waals surface area contributed by atoms with Gasteiger partial charge in [0.1, 0.15) is 17.2 Å². The van der Waals surface area contributed by atoms with E-state index in [2.05, 4.69) is 26.0 Å². The molecule has 0 radical (unpaired) electrons. The van der Waals surface area contributed by atoms with Crippen LogP contribution in [-0.2, 0) is 13.0 Å². The Balaban J connectivity index is 0.00000392. The monoisotopic (exact) mass is 520 g/mol. The predicted octanol–water partition coefficient (Wildman–Crippen LogP) is 3.39. The highest BCUT2D eigenvalue weighted by atomic mass is 127. The SMILES string of the molecule is CCNC(=NCc1c(OC)cc(OC)cc1OC)NCCc1csc(C)n1.I. The van der Waals surface area contributed by atoms with Crippen LogP contribution < -0.4 is 24.8 Å². The summed E-state index contributed by atoms with van der Waals surface area (Å²) in [6, 6.07) is 3.66. The molecule has 2 rings (SSSR count). The van der Waals surface area contributed by atoms with Crippen molar-refractivity contribution in [1.29, 1.82) is 0 Å². The van der Waals surface area contributed by atoms with Gasteiger partial charge in [-0.05, 0) is 13.8 Å². The Labute approximate surface area is 187 Å². The van der Waals surface area contributed by atoms with Gasteiger partial charge in [-0.25, -0.2) is 9.98 Å². The lowest BCUT2D eigenvalue weighted by molar-refractivity contribution is 0.369. The number of ether oxygens (including phenoxy) is 3. The minimum absolute atomic E-state index is 0. The molecular formula is C19H29IN4O3S. The summed E-state index contributed by atoms with van der Waals surface area (Å²) in [5.41, 5.74) is 1.97. The van der Waals surface area contributed by atoms with Gasteiger partial charge in [0.15, 0.2) is 5.96 Å². The molecule has 0 bridgehead atoms. The van der Waals surface area contributed by atoms with E-state index in [0.717, 1.165) is 41.7 Å². The molecule has 1 heterocycles. The molecular weight excluding hydrogens is 491 g/mol. The largest absolute Gasteiger partial charge is 0.496 e. The molecule has 0 saturated heterocycles. The van der Waals surface area contributed by atoms with Crippen molar-refractivity contribution in [3.05, 3.63) is 33.8 Å². The molecule has 0 saturated carbocycles. The zero-order valence-electron chi connectivity index (χ0n) is 17.0. The van der Waals surface area contributed by atoms with E-state index in [-0.39, 0.29) is 24.0 Å². The fraction of sp³-hybridized carbons (Fsp3) is 0.474. The van der Waals surface area contributed by atoms with Crippen molar-refractivity contribution >= 4 is 41.3 Å². The lowest BCUT2D eigenvalue weighted by atomic mass is 10.1. The van der Waals surface area contributed by atoms with Crippen LogP contribution in [0.15, 0.2) is 22.5 Å². The number of hydrogen-bond donors (Lipinski definition) is 2. The maximum absolute atomic E-state index is 5.49. The van der Waals surface area contributed by atoms with E-state index in [9.17, 15) is 0 Å². The summed E-state index contributed by atoms with van der Waals surface area (Å²) in [6.45, 7) is 6.00. The highest BCUT2D eigenvalue weighted by Gasteiger charge is 2.13. The van der Waals surface area contributed by atoms with Gasteiger partial charge in [0.2, 0.25) is 0 Å². The van der Waals surface area contributed by atoms with E-state index < -0.39 is 0 Å². The smallest absolute Gasteiger partial charge is 0.191 e. The van der Waals surface area contributed by atoms with E-state index in [0.29, 0.717) is 23.8 Å². The average Bonchev–Trinajstić information content (AvgIpc) is 3.10. The van der Waals surface area contributed by atoms with Crippen LogP contribution in [0.3, 0.4) is 0 Å². The first-order valence-electron chi connectivity index (χ1n) is 8.83. The van der Waals surface area contributed by atoms with E-state index in [1.54, 1.807) is 32.7 Å². The fourth-order valence-electron chi connectivity index (χ4n) is 2.57. The molecule has 0 aliphatic rings. The normalized spacial score (nSPS) is 10.8. The number of benzene rings is 1. The number of rotatable bonds is 9. The maximum atomic E-state index is 5.49. The maximum Gasteiger partial charge on any atom is 0.191 e. The van der Waals surface area contributed by atoms with E-state index in [4.69, 9.17) is 14.2 Å². The first-order valence-corrected chi connectivity index (χ1v) is 9.71. The molecule has 0 unspecified atom stereocenters. The zero-order chi connectivity index (χ0) is 19.6. The third-order valence-corrected chi connectivity index (χ3v) is 4.72. The molecule has 9 heteroatoms. The van der Waals surface area contributed by atoms with Crippen molar-refractivity contribution in [3.63, 3.8) is 0 Å². The Kier molecular flexibility index (Phi) is 11.0. The standard InChI is InChI=1S/C19H28N4O3S.HI/c1-6-20-19(21-8-7-14-12-27-13(2)23-14)22-11-16-17(25-4)9-15(24-3)10-18(16)26-5;/h9-10,12H,6-8,11H2,1-5H3,(H2,20,21,22);1H. The molecule has 0 aliphatic carbocycles. The van der Waals surface area contributed by atoms with Crippen molar-refractivity contribution in [1.82, 2.24) is 15.6 Å². The first-order chi connectivity index (χ1) is 13.1. The molecule has 0 amide bonds. The second-order valence-corrected chi connectivity index (χ2v) is 6.80. The fourth-order valence-corrected chi connectivity index (χ4v) is 3.21. The number of halogens is 1. The highest BCUT2D eigenvalue weighted by Crippen LogP contribution is 2.34. The summed E-state index contributed by atoms with van der Waals surface area (Å²) in [4.78, 5) is 9.15. The Bertz CT molecular complexity index is 742. The number of aromatic nitrogens is 1. The average molecular weight is 520 g/mol. The van der Waals surface area contributed by atoms with Gasteiger partial charge in [-0.15, -0.1) is 35.3 Å². The molecule has 0 atom stereocenters. The Hall–Kier alpha value is -1.75. The highest BCUT2D eigenvalue weighted by molar-refractivity contribution is 14.0. The lowest BCUT2D eigenvalue weighted by Gasteiger charge is -2.15. The number of thiazole rings is 1. The van der Waals surface area contributed by atoms with Crippen molar-refractivity contribution in [3.8, 4) is 17.2 Å². The number of nitrogens with one attached hydrogen (secondary N) is 2. The van der Waals surface area contributed by atoms with Gasteiger partial charge < -0.3 is 24.8 Å². The topological polar surface area (TPSA) is 77.0 Å². The van der Waals surface area contributed by atoms with Crippen LogP contribution in [0.1, 0.15) is 23.2 Å². The van der Waals surface area contributed by atoms with Gasteiger partial charge >= 0.3 is 0 Å². The summed E-state index contributed by atoms with van der Waals surface area (Å²) in [7, 11) is 4.87. The van der Waals surface area contributed by atoms with Gasteiger partial charge in [-0.1, -0.05) is 0 Å². The minimum atomic E-state index is 0. The van der Waals surface area contributed by atoms with Crippen LogP contribution in [0.2, 0.25) is 0 Å². The number of hydrogen-bond acceptors (Lipinski definition) is 6. The second-order valence-electron chi connectivity index (χ2n) is 5.74. The van der Waals surface area contributed by atoms with Crippen molar-refractivity contribution in [2.45, 2.75) is 26.8 Å². The quantitative estimate of drug-likeness (QED) is 0.300. The Morgan fingerprint density at radius 3 is 2.29 bits per heavy atom. The van der Waals surface area contributed by atoms with E-state index in [1.165, 1.54) is 0 Å². The summed E-state index contributed by atoms with van der Waals surface area (Å²) < 4.78 is 16.3. The third-order valence-electron chi connectivity index (χ3n) is 3.90. The van der Waals surface area contributed by atoms with Gasteiger partial charge in [0.05, 0.1) is 44.1 Å². The van der Waals surface area contributed by atoms with Gasteiger partial charge in [-0.2, -0.15) is 0 Å². The first kappa shape index (κ1) is 24.3. The molecule has 7 nitrogen and oxygen atoms in total. The van der Waals surface area contributed by atoms with Crippen molar-refractivity contribution in [2.24, 2.45) is 4.99 Å². The van der Waals surface area contributed by atoms with Crippen LogP contribution in [0, 0.1) is 6.92 Å². The molecule has 28 heavy (non-hydrogen) atoms. The summed E-state index contributed by atoms with van der Waals surface area (Å²) in [5.74, 6) is 2.79. The van der Waals surface area contributed by atoms with Gasteiger partial charge in [0.25, 0.3) is 0 Å². The Morgan fingerprint density at radius 1 is 1.11 bits per heavy atom. The van der Waals surface area contributed by atoms with Crippen LogP contribution in [0.5, 0.6) is 17.2 Å². The summed E-state index contributed by atoms with van der Waals surface area (Å²) in [6.07, 6.45) is 0.851. The summed E-state index contributed by atoms with van der Waals surface area (Å²) in [5, 5.41) is 9.78. The predicted molar refractivity (Wildman–Crippen MR) is 125 cm³/mol. The zero-order valence-corrected chi connectivity index (χ0v) is 20.1. The van der Waals surface area contributed by atoms with Crippen LogP contribution in [0.4, 0.5) is 0 Å². The number of guanidine groups is 1. The van der Waals surface area contributed by atoms with Crippen LogP contribution in [0.25, 0.3) is 0 Å². The van der Waals surface area contributed by atoms with E-state index >= 15 is 0 Å². The number of aryl methyl sites for hydroxylation is 1. The minimum Gasteiger partial charge on any atom is -0.496 e. The molecule has 0 fully saturated rings. The molecule has 156 valence electrons. The molecule has 2 aromatic rings. The van der Waals surface area contributed by atoms with Crippen LogP contribution >= 0.6 is 35.3 Å². The number of methoxy groups -OCH3 is 3. The number of aliphatic imine (C=N–C) groups is 1. The third kappa shape index (κ3) is 7.01. The number of nitrogens with zero attached hydrogens (tertiary/aromatic N) is 2. The van der Waals surface area contributed by atoms with Crippen LogP contribution in [-0.4, -0.2) is 45.4 Å². The molecule has 0 aliphatic heterocycles. The molecule has 2 N–H and O–H groups in total. The van der Waals surface area contributed by atoms with Gasteiger partial charge in [0, 0.05) is 37.0 Å². The molecule has 0 spiro atoms. The van der Waals surface area contributed by atoms with Crippen molar-refractivity contribution in [2.75, 3.05) is 34.4 Å². The van der Waals surface area contributed by atoms with Gasteiger partial charge in [-0.3, -0.25) is 0 Å². The van der Waals surface area contributed by atoms with Crippen molar-refractivity contribution < 1.29 is 14.2 Å². The van der Waals surface area contributed by atoms with E-state index in [1.807, 2.05) is 26.0 Å². The molecule has 1 aromatic heterocycles. The summed E-state index contributed by atoms with van der Waals surface area (Å²) >= 11 is 1.67.